The number of carbonyl (C=O) groups excluding carboxylic acids is 4. The molecule has 31 heavy (non-hydrogen) atoms. The number of alkyl carbamates (subject to hydrolysis) is 1. The van der Waals surface area contributed by atoms with E-state index in [9.17, 15) is 24.3 Å². The molecule has 0 aromatic heterocycles. The quantitative estimate of drug-likeness (QED) is 0.312. The largest absolute Gasteiger partial charge is 0.458 e. The monoisotopic (exact) mass is 500 g/mol. The second-order valence-corrected chi connectivity index (χ2v) is 8.31. The molecule has 2 amide bonds. The van der Waals surface area contributed by atoms with E-state index in [1.54, 1.807) is 45.0 Å². The van der Waals surface area contributed by atoms with Crippen molar-refractivity contribution in [1.82, 2.24) is 10.6 Å². The molecule has 0 radical (unpaired) electrons. The Morgan fingerprint density at radius 1 is 1.06 bits per heavy atom. The maximum Gasteiger partial charge on any atom is 0.408 e. The number of nitrogens with one attached hydrogen (secondary N) is 2. The van der Waals surface area contributed by atoms with Crippen molar-refractivity contribution in [2.45, 2.75) is 57.9 Å². The van der Waals surface area contributed by atoms with Crippen molar-refractivity contribution in [1.29, 1.82) is 0 Å². The molecule has 9 nitrogen and oxygen atoms in total. The lowest BCUT2D eigenvalue weighted by Crippen LogP contribution is -2.54. The second kappa shape index (κ2) is 13.1. The van der Waals surface area contributed by atoms with Gasteiger partial charge < -0.3 is 25.2 Å². The number of halogens is 1. The van der Waals surface area contributed by atoms with Crippen LogP contribution in [0.5, 0.6) is 0 Å². The van der Waals surface area contributed by atoms with Gasteiger partial charge >= 0.3 is 12.1 Å². The first-order valence-corrected chi connectivity index (χ1v) is 10.9. The number of amides is 2. The molecule has 0 saturated heterocycles. The maximum atomic E-state index is 12.5. The first-order valence-electron chi connectivity index (χ1n) is 9.74. The molecule has 0 unspecified atom stereocenters. The number of hydrogen-bond donors (Lipinski definition) is 3. The predicted molar refractivity (Wildman–Crippen MR) is 116 cm³/mol. The Hall–Kier alpha value is -2.46. The normalized spacial score (nSPS) is 12.9. The molecule has 0 bridgehead atoms. The van der Waals surface area contributed by atoms with E-state index in [0.29, 0.717) is 0 Å². The molecule has 3 N–H and O–H groups in total. The number of aliphatic hydroxyl groups is 1. The van der Waals surface area contributed by atoms with Gasteiger partial charge in [-0.05, 0) is 32.8 Å². The summed E-state index contributed by atoms with van der Waals surface area (Å²) in [7, 11) is 0. The van der Waals surface area contributed by atoms with Crippen molar-refractivity contribution >= 4 is 39.7 Å². The third kappa shape index (κ3) is 10.9. The summed E-state index contributed by atoms with van der Waals surface area (Å²) < 4.78 is 10.3. The molecule has 0 aliphatic heterocycles. The van der Waals surface area contributed by atoms with Crippen LogP contribution >= 0.6 is 15.9 Å². The first-order chi connectivity index (χ1) is 14.6. The highest BCUT2D eigenvalue weighted by Gasteiger charge is 2.30. The van der Waals surface area contributed by atoms with E-state index in [4.69, 9.17) is 9.47 Å². The molecule has 10 heteroatoms. The standard InChI is InChI=1S/C21H29BrN2O7/c1-21(2,3)31-19(28)16(10-9-15(26)11-22)23-18(27)17(12-25)24-20(29)30-13-14-7-5-4-6-8-14/h4-8,16-17,25H,9-13H2,1-3H3,(H,23,27)(H,24,29)/t16-,17-/m0/s1. The van der Waals surface area contributed by atoms with Gasteiger partial charge in [0, 0.05) is 6.42 Å². The number of ketones is 1. The van der Waals surface area contributed by atoms with Crippen molar-refractivity contribution in [2.75, 3.05) is 11.9 Å². The zero-order valence-corrected chi connectivity index (χ0v) is 19.4. The number of rotatable bonds is 11. The Morgan fingerprint density at radius 3 is 2.26 bits per heavy atom. The third-order valence-electron chi connectivity index (χ3n) is 3.87. The minimum Gasteiger partial charge on any atom is -0.458 e. The summed E-state index contributed by atoms with van der Waals surface area (Å²) in [4.78, 5) is 48.6. The van der Waals surface area contributed by atoms with Crippen LogP contribution in [0.25, 0.3) is 0 Å². The van der Waals surface area contributed by atoms with Crippen LogP contribution in [0.4, 0.5) is 4.79 Å². The summed E-state index contributed by atoms with van der Waals surface area (Å²) in [6.07, 6.45) is -0.852. The maximum absolute atomic E-state index is 12.5. The van der Waals surface area contributed by atoms with Gasteiger partial charge in [-0.2, -0.15) is 0 Å². The van der Waals surface area contributed by atoms with E-state index in [1.807, 2.05) is 6.07 Å². The molecule has 0 heterocycles. The van der Waals surface area contributed by atoms with Crippen molar-refractivity contribution in [3.63, 3.8) is 0 Å². The molecule has 0 spiro atoms. The number of hydrogen-bond acceptors (Lipinski definition) is 7. The Morgan fingerprint density at radius 2 is 1.71 bits per heavy atom. The average molecular weight is 501 g/mol. The van der Waals surface area contributed by atoms with Crippen LogP contribution in [-0.2, 0) is 30.5 Å². The summed E-state index contributed by atoms with van der Waals surface area (Å²) in [6.45, 7) is 4.30. The molecule has 2 atom stereocenters. The zero-order valence-electron chi connectivity index (χ0n) is 17.9. The van der Waals surface area contributed by atoms with Gasteiger partial charge in [0.2, 0.25) is 5.91 Å². The van der Waals surface area contributed by atoms with E-state index in [0.717, 1.165) is 5.56 Å². The predicted octanol–water partition coefficient (Wildman–Crippen LogP) is 1.84. The molecule has 0 aliphatic carbocycles. The summed E-state index contributed by atoms with van der Waals surface area (Å²) in [5.41, 5.74) is -0.0425. The van der Waals surface area contributed by atoms with Gasteiger partial charge in [-0.25, -0.2) is 9.59 Å². The highest BCUT2D eigenvalue weighted by atomic mass is 79.9. The number of Topliss-reactive ketones (excluding diaryl/α,β-unsaturated/α-hetero) is 1. The van der Waals surface area contributed by atoms with Crippen molar-refractivity contribution in [3.8, 4) is 0 Å². The molecule has 0 saturated carbocycles. The number of esters is 1. The zero-order chi connectivity index (χ0) is 23.4. The molecule has 0 aliphatic rings. The lowest BCUT2D eigenvalue weighted by atomic mass is 10.1. The van der Waals surface area contributed by atoms with Crippen LogP contribution in [0.2, 0.25) is 0 Å². The van der Waals surface area contributed by atoms with E-state index < -0.39 is 42.3 Å². The number of carbonyl (C=O) groups is 4. The molecular formula is C21H29BrN2O7. The van der Waals surface area contributed by atoms with Crippen molar-refractivity contribution < 1.29 is 33.8 Å². The number of aliphatic hydroxyl groups excluding tert-OH is 1. The van der Waals surface area contributed by atoms with Gasteiger partial charge in [0.1, 0.15) is 30.1 Å². The van der Waals surface area contributed by atoms with Crippen LogP contribution in [0, 0.1) is 0 Å². The highest BCUT2D eigenvalue weighted by Crippen LogP contribution is 2.11. The third-order valence-corrected chi connectivity index (χ3v) is 4.50. The topological polar surface area (TPSA) is 131 Å². The molecular weight excluding hydrogens is 472 g/mol. The van der Waals surface area contributed by atoms with Gasteiger partial charge in [0.25, 0.3) is 0 Å². The van der Waals surface area contributed by atoms with Crippen molar-refractivity contribution in [3.05, 3.63) is 35.9 Å². The molecule has 172 valence electrons. The second-order valence-electron chi connectivity index (χ2n) is 7.75. The summed E-state index contributed by atoms with van der Waals surface area (Å²) in [6, 6.07) is 6.47. The number of benzene rings is 1. The highest BCUT2D eigenvalue weighted by molar-refractivity contribution is 9.09. The van der Waals surface area contributed by atoms with Gasteiger partial charge in [-0.1, -0.05) is 46.3 Å². The lowest BCUT2D eigenvalue weighted by molar-refractivity contribution is -0.159. The first kappa shape index (κ1) is 26.6. The molecule has 1 rings (SSSR count). The average Bonchev–Trinajstić information content (AvgIpc) is 2.72. The van der Waals surface area contributed by atoms with Crippen molar-refractivity contribution in [2.24, 2.45) is 0 Å². The van der Waals surface area contributed by atoms with E-state index in [2.05, 4.69) is 26.6 Å². The number of alkyl halides is 1. The molecule has 0 fully saturated rings. The van der Waals surface area contributed by atoms with E-state index in [-0.39, 0.29) is 30.6 Å². The van der Waals surface area contributed by atoms with Crippen LogP contribution in [0.1, 0.15) is 39.2 Å². The van der Waals surface area contributed by atoms with Crippen LogP contribution < -0.4 is 10.6 Å². The smallest absolute Gasteiger partial charge is 0.408 e. The number of ether oxygens (including phenoxy) is 2. The minimum absolute atomic E-state index is 0.0123. The van der Waals surface area contributed by atoms with E-state index >= 15 is 0 Å². The molecule has 1 aromatic rings. The summed E-state index contributed by atoms with van der Waals surface area (Å²) in [5, 5.41) is 14.3. The molecule has 1 aromatic carbocycles. The SMILES string of the molecule is CC(C)(C)OC(=O)[C@H](CCC(=O)CBr)NC(=O)[C@H](CO)NC(=O)OCc1ccccc1. The van der Waals surface area contributed by atoms with Gasteiger partial charge in [-0.15, -0.1) is 0 Å². The Bertz CT molecular complexity index is 750. The Labute approximate surface area is 190 Å². The fourth-order valence-corrected chi connectivity index (χ4v) is 2.65. The summed E-state index contributed by atoms with van der Waals surface area (Å²) in [5.74, 6) is -1.67. The Kier molecular flexibility index (Phi) is 11.2. The fraction of sp³-hybridized carbons (Fsp3) is 0.524. The van der Waals surface area contributed by atoms with Gasteiger partial charge in [-0.3, -0.25) is 9.59 Å². The van der Waals surface area contributed by atoms with E-state index in [1.165, 1.54) is 0 Å². The minimum atomic E-state index is -1.35. The van der Waals surface area contributed by atoms with Gasteiger partial charge in [0.15, 0.2) is 0 Å². The lowest BCUT2D eigenvalue weighted by Gasteiger charge is -2.25. The summed E-state index contributed by atoms with van der Waals surface area (Å²) >= 11 is 3.05. The van der Waals surface area contributed by atoms with Crippen LogP contribution in [0.3, 0.4) is 0 Å². The fourth-order valence-electron chi connectivity index (χ4n) is 2.37. The van der Waals surface area contributed by atoms with Crippen LogP contribution in [-0.4, -0.2) is 58.5 Å². The Balaban J connectivity index is 2.71. The van der Waals surface area contributed by atoms with Crippen LogP contribution in [0.15, 0.2) is 30.3 Å². The van der Waals surface area contributed by atoms with Gasteiger partial charge in [0.05, 0.1) is 11.9 Å².